The summed E-state index contributed by atoms with van der Waals surface area (Å²) in [6.45, 7) is 2.07. The van der Waals surface area contributed by atoms with Crippen molar-refractivity contribution in [1.82, 2.24) is 0 Å². The van der Waals surface area contributed by atoms with Crippen molar-refractivity contribution in [3.8, 4) is 0 Å². The van der Waals surface area contributed by atoms with Crippen LogP contribution in [0.3, 0.4) is 0 Å². The summed E-state index contributed by atoms with van der Waals surface area (Å²) >= 11 is 0. The van der Waals surface area contributed by atoms with Gasteiger partial charge in [0.05, 0.1) is 0 Å². The van der Waals surface area contributed by atoms with E-state index in [1.165, 1.54) is 89.0 Å². The Balaban J connectivity index is 0.00000225. The minimum absolute atomic E-state index is 0. The number of carbonyl (C=O) groups excluding carboxylic acids is 1. The van der Waals surface area contributed by atoms with Gasteiger partial charge in [0.25, 0.3) is 0 Å². The molecule has 0 spiro atoms. The van der Waals surface area contributed by atoms with E-state index in [1.54, 1.807) is 0 Å². The molecule has 0 atom stereocenters. The third kappa shape index (κ3) is 6.00. The van der Waals surface area contributed by atoms with Gasteiger partial charge in [-0.05, 0) is 70.1 Å². The second-order valence-electron chi connectivity index (χ2n) is 8.42. The van der Waals surface area contributed by atoms with Crippen LogP contribution in [0.2, 0.25) is 0 Å². The van der Waals surface area contributed by atoms with E-state index in [-0.39, 0.29) is 36.0 Å². The molecule has 0 saturated heterocycles. The Morgan fingerprint density at radius 3 is 1.52 bits per heavy atom. The van der Waals surface area contributed by atoms with Crippen LogP contribution in [0.1, 0.15) is 103 Å². The number of esters is 1. The van der Waals surface area contributed by atoms with Crippen LogP contribution in [0.5, 0.6) is 0 Å². The molecule has 0 N–H and O–H groups in total. The Morgan fingerprint density at radius 1 is 0.680 bits per heavy atom. The molecule has 0 amide bonds. The number of hydrogen-bond acceptors (Lipinski definition) is 2. The molecule has 3 rings (SSSR count). The van der Waals surface area contributed by atoms with E-state index in [1.807, 2.05) is 0 Å². The molecule has 0 bridgehead atoms. The van der Waals surface area contributed by atoms with Crippen LogP contribution in [0.15, 0.2) is 11.1 Å². The summed E-state index contributed by atoms with van der Waals surface area (Å²) in [5.74, 6) is 1.31. The maximum atomic E-state index is 12.9. The minimum atomic E-state index is 0. The number of rotatable bonds is 4. The van der Waals surface area contributed by atoms with E-state index in [0.717, 1.165) is 18.4 Å². The molecule has 3 aliphatic rings. The van der Waals surface area contributed by atoms with Crippen LogP contribution < -0.4 is 0 Å². The van der Waals surface area contributed by atoms with Crippen LogP contribution in [0.25, 0.3) is 0 Å². The Kier molecular flexibility index (Phi) is 9.37. The number of allylic oxidation sites excluding steroid dienone is 1. The van der Waals surface area contributed by atoms with Gasteiger partial charge < -0.3 is 4.74 Å². The van der Waals surface area contributed by atoms with E-state index in [9.17, 15) is 4.79 Å². The summed E-state index contributed by atoms with van der Waals surface area (Å²) in [4.78, 5) is 12.9. The Morgan fingerprint density at radius 2 is 1.08 bits per heavy atom. The quantitative estimate of drug-likeness (QED) is 0.343. The molecule has 0 heterocycles. The third-order valence-electron chi connectivity index (χ3n) is 6.66. The summed E-state index contributed by atoms with van der Waals surface area (Å²) in [6.07, 6.45) is 19.3. The normalized spacial score (nSPS) is 23.6. The van der Waals surface area contributed by atoms with Gasteiger partial charge >= 0.3 is 29.9 Å². The summed E-state index contributed by atoms with van der Waals surface area (Å²) in [5.41, 5.74) is 2.49. The molecule has 3 saturated carbocycles. The Bertz CT molecular complexity index is 419. The maximum absolute atomic E-state index is 12.9. The monoisotopic (exact) mass is 456 g/mol. The zero-order valence-electron chi connectivity index (χ0n) is 15.7. The summed E-state index contributed by atoms with van der Waals surface area (Å²) < 4.78 is 5.92. The van der Waals surface area contributed by atoms with Gasteiger partial charge in [-0.2, -0.15) is 0 Å². The first kappa shape index (κ1) is 21.3. The average molecular weight is 455 g/mol. The molecule has 0 aromatic heterocycles. The van der Waals surface area contributed by atoms with Crippen LogP contribution in [-0.4, -0.2) is 36.0 Å². The van der Waals surface area contributed by atoms with Gasteiger partial charge in [-0.15, -0.1) is 0 Å². The third-order valence-corrected chi connectivity index (χ3v) is 6.66. The first-order chi connectivity index (χ1) is 11.8. The first-order valence-electron chi connectivity index (χ1n) is 10.7. The molecule has 3 aliphatic carbocycles. The van der Waals surface area contributed by atoms with Crippen LogP contribution in [0, 0.1) is 11.8 Å². The molecule has 0 aromatic rings. The average Bonchev–Trinajstić information content (AvgIpc) is 2.64. The van der Waals surface area contributed by atoms with Gasteiger partial charge in [-0.1, -0.05) is 50.5 Å². The van der Waals surface area contributed by atoms with E-state index in [0.29, 0.717) is 11.8 Å². The van der Waals surface area contributed by atoms with Crippen LogP contribution in [0.4, 0.5) is 0 Å². The van der Waals surface area contributed by atoms with Crippen molar-refractivity contribution in [2.75, 3.05) is 0 Å². The SMILES string of the molecule is CC(C(=O)OC1CCCCC1)=C(C1CCCCC1)C1CCCCC1.[SnH4]. The summed E-state index contributed by atoms with van der Waals surface area (Å²) in [6, 6.07) is 0. The number of ether oxygens (including phenoxy) is 1. The van der Waals surface area contributed by atoms with Crippen molar-refractivity contribution in [1.29, 1.82) is 0 Å². The van der Waals surface area contributed by atoms with Crippen LogP contribution >= 0.6 is 0 Å². The molecule has 0 unspecified atom stereocenters. The Labute approximate surface area is 171 Å². The molecule has 2 nitrogen and oxygen atoms in total. The molecule has 144 valence electrons. The van der Waals surface area contributed by atoms with E-state index < -0.39 is 0 Å². The standard InChI is InChI=1S/C22H36O2.Sn.4H/c1-17(22(23)24-20-15-9-4-10-16-20)21(18-11-5-2-6-12-18)19-13-7-3-8-14-19;;;;;/h18-20H,2-16H2,1H3;;;;;. The van der Waals surface area contributed by atoms with Gasteiger partial charge in [0.1, 0.15) is 6.10 Å². The van der Waals surface area contributed by atoms with E-state index >= 15 is 0 Å². The zero-order chi connectivity index (χ0) is 16.8. The molecule has 0 aromatic carbocycles. The topological polar surface area (TPSA) is 26.3 Å². The van der Waals surface area contributed by atoms with Gasteiger partial charge in [0.2, 0.25) is 0 Å². The first-order valence-corrected chi connectivity index (χ1v) is 10.7. The van der Waals surface area contributed by atoms with E-state index in [4.69, 9.17) is 4.74 Å². The predicted molar refractivity (Wildman–Crippen MR) is 110 cm³/mol. The van der Waals surface area contributed by atoms with Gasteiger partial charge in [-0.25, -0.2) is 4.79 Å². The molecular formula is C22H40O2Sn. The van der Waals surface area contributed by atoms with Crippen molar-refractivity contribution in [2.24, 2.45) is 11.8 Å². The van der Waals surface area contributed by atoms with Gasteiger partial charge in [0.15, 0.2) is 0 Å². The Hall–Kier alpha value is 0.00870. The molecule has 3 heteroatoms. The second-order valence-corrected chi connectivity index (χ2v) is 8.42. The van der Waals surface area contributed by atoms with Crippen molar-refractivity contribution in [3.63, 3.8) is 0 Å². The van der Waals surface area contributed by atoms with Crippen molar-refractivity contribution in [2.45, 2.75) is 109 Å². The van der Waals surface area contributed by atoms with E-state index in [2.05, 4.69) is 6.92 Å². The molecule has 3 fully saturated rings. The summed E-state index contributed by atoms with van der Waals surface area (Å²) in [5, 5.41) is 0. The molecule has 0 aliphatic heterocycles. The fraction of sp³-hybridized carbons (Fsp3) is 0.864. The predicted octanol–water partition coefficient (Wildman–Crippen LogP) is 4.89. The van der Waals surface area contributed by atoms with Crippen LogP contribution in [-0.2, 0) is 9.53 Å². The second kappa shape index (κ2) is 11.0. The molecule has 0 radical (unpaired) electrons. The number of carbonyl (C=O) groups is 1. The van der Waals surface area contributed by atoms with Crippen molar-refractivity contribution in [3.05, 3.63) is 11.1 Å². The molecular weight excluding hydrogens is 415 g/mol. The van der Waals surface area contributed by atoms with Crippen molar-refractivity contribution >= 4 is 29.9 Å². The fourth-order valence-electron chi connectivity index (χ4n) is 5.31. The fourth-order valence-corrected chi connectivity index (χ4v) is 5.31. The molecule has 25 heavy (non-hydrogen) atoms. The van der Waals surface area contributed by atoms with Gasteiger partial charge in [-0.3, -0.25) is 0 Å². The zero-order valence-corrected chi connectivity index (χ0v) is 15.7. The van der Waals surface area contributed by atoms with Crippen molar-refractivity contribution < 1.29 is 9.53 Å². The van der Waals surface area contributed by atoms with Gasteiger partial charge in [0, 0.05) is 5.57 Å². The summed E-state index contributed by atoms with van der Waals surface area (Å²) in [7, 11) is 0. The number of hydrogen-bond donors (Lipinski definition) is 0.